The van der Waals surface area contributed by atoms with Crippen LogP contribution in [0.25, 0.3) is 0 Å². The summed E-state index contributed by atoms with van der Waals surface area (Å²) in [5.41, 5.74) is 2.71. The molecule has 0 N–H and O–H groups in total. The number of rotatable bonds is 3. The quantitative estimate of drug-likeness (QED) is 0.833. The fourth-order valence-electron chi connectivity index (χ4n) is 2.72. The van der Waals surface area contributed by atoms with Crippen LogP contribution in [0.15, 0.2) is 60.7 Å². The number of nitrogens with zero attached hydrogens (tertiary/aromatic N) is 1. The van der Waals surface area contributed by atoms with Gasteiger partial charge in [-0.05, 0) is 11.1 Å². The first-order valence-electron chi connectivity index (χ1n) is 6.87. The van der Waals surface area contributed by atoms with Crippen molar-refractivity contribution in [3.63, 3.8) is 0 Å². The van der Waals surface area contributed by atoms with Crippen molar-refractivity contribution in [3.05, 3.63) is 71.8 Å². The lowest BCUT2D eigenvalue weighted by atomic mass is 9.97. The van der Waals surface area contributed by atoms with Gasteiger partial charge in [0, 0.05) is 13.1 Å². The van der Waals surface area contributed by atoms with E-state index in [1.165, 1.54) is 11.1 Å². The normalized spacial score (nSPS) is 16.7. The zero-order chi connectivity index (χ0) is 12.9. The number of ether oxygens (including phenoxy) is 1. The highest BCUT2D eigenvalue weighted by Crippen LogP contribution is 2.28. The van der Waals surface area contributed by atoms with E-state index in [9.17, 15) is 0 Å². The third kappa shape index (κ3) is 2.86. The summed E-state index contributed by atoms with van der Waals surface area (Å²) in [5.74, 6) is 0. The minimum atomic E-state index is 0.339. The first-order valence-corrected chi connectivity index (χ1v) is 6.87. The van der Waals surface area contributed by atoms with Gasteiger partial charge in [0.25, 0.3) is 0 Å². The number of hydrogen-bond acceptors (Lipinski definition) is 2. The molecule has 0 radical (unpaired) electrons. The van der Waals surface area contributed by atoms with Crippen molar-refractivity contribution in [1.82, 2.24) is 4.90 Å². The molecule has 0 spiro atoms. The van der Waals surface area contributed by atoms with Crippen LogP contribution >= 0.6 is 0 Å². The molecule has 1 fully saturated rings. The van der Waals surface area contributed by atoms with Gasteiger partial charge in [-0.1, -0.05) is 60.7 Å². The van der Waals surface area contributed by atoms with Crippen LogP contribution in [0, 0.1) is 0 Å². The topological polar surface area (TPSA) is 12.5 Å². The summed E-state index contributed by atoms with van der Waals surface area (Å²) in [6, 6.07) is 21.8. The molecule has 2 aromatic rings. The highest BCUT2D eigenvalue weighted by atomic mass is 16.5. The van der Waals surface area contributed by atoms with Crippen LogP contribution in [0.4, 0.5) is 0 Å². The summed E-state index contributed by atoms with van der Waals surface area (Å²) in [5, 5.41) is 0. The molecule has 98 valence electrons. The van der Waals surface area contributed by atoms with Crippen molar-refractivity contribution in [2.45, 2.75) is 6.04 Å². The number of hydrogen-bond donors (Lipinski definition) is 0. The molecule has 0 aliphatic carbocycles. The van der Waals surface area contributed by atoms with Gasteiger partial charge in [-0.2, -0.15) is 0 Å². The average Bonchev–Trinajstić information content (AvgIpc) is 2.51. The van der Waals surface area contributed by atoms with Gasteiger partial charge < -0.3 is 4.74 Å². The van der Waals surface area contributed by atoms with Crippen LogP contribution in [0.2, 0.25) is 0 Å². The summed E-state index contributed by atoms with van der Waals surface area (Å²) in [7, 11) is 0. The standard InChI is InChI=1S/C17H19NO/c1-3-7-15(8-4-1)17(16-9-5-2-6-10-16)18-11-13-19-14-12-18/h1-10,17H,11-14H2. The van der Waals surface area contributed by atoms with Crippen LogP contribution in [-0.4, -0.2) is 31.2 Å². The third-order valence-corrected chi connectivity index (χ3v) is 3.64. The molecule has 1 aliphatic heterocycles. The molecule has 1 saturated heterocycles. The maximum Gasteiger partial charge on any atom is 0.0603 e. The predicted octanol–water partition coefficient (Wildman–Crippen LogP) is 3.11. The zero-order valence-electron chi connectivity index (χ0n) is 11.0. The van der Waals surface area contributed by atoms with Crippen molar-refractivity contribution in [3.8, 4) is 0 Å². The molecule has 0 amide bonds. The van der Waals surface area contributed by atoms with E-state index < -0.39 is 0 Å². The highest BCUT2D eigenvalue weighted by molar-refractivity contribution is 5.31. The van der Waals surface area contributed by atoms with E-state index in [0.29, 0.717) is 6.04 Å². The molecule has 2 aromatic carbocycles. The Morgan fingerprint density at radius 2 is 1.21 bits per heavy atom. The van der Waals surface area contributed by atoms with Crippen molar-refractivity contribution >= 4 is 0 Å². The van der Waals surface area contributed by atoms with Crippen LogP contribution in [0.1, 0.15) is 17.2 Å². The summed E-state index contributed by atoms with van der Waals surface area (Å²) in [6.07, 6.45) is 0. The molecule has 0 aromatic heterocycles. The van der Waals surface area contributed by atoms with E-state index >= 15 is 0 Å². The van der Waals surface area contributed by atoms with Gasteiger partial charge >= 0.3 is 0 Å². The third-order valence-electron chi connectivity index (χ3n) is 3.64. The molecule has 1 heterocycles. The van der Waals surface area contributed by atoms with E-state index in [1.807, 2.05) is 0 Å². The van der Waals surface area contributed by atoms with E-state index in [2.05, 4.69) is 65.6 Å². The largest absolute Gasteiger partial charge is 0.379 e. The molecule has 0 saturated carbocycles. The molecule has 2 nitrogen and oxygen atoms in total. The Labute approximate surface area is 114 Å². The Morgan fingerprint density at radius 3 is 1.68 bits per heavy atom. The summed E-state index contributed by atoms with van der Waals surface area (Å²) >= 11 is 0. The molecule has 19 heavy (non-hydrogen) atoms. The average molecular weight is 253 g/mol. The zero-order valence-corrected chi connectivity index (χ0v) is 11.0. The van der Waals surface area contributed by atoms with Gasteiger partial charge in [0.15, 0.2) is 0 Å². The second kappa shape index (κ2) is 6.00. The van der Waals surface area contributed by atoms with Gasteiger partial charge in [0.1, 0.15) is 0 Å². The lowest BCUT2D eigenvalue weighted by molar-refractivity contribution is 0.0239. The van der Waals surface area contributed by atoms with Gasteiger partial charge in [-0.15, -0.1) is 0 Å². The minimum absolute atomic E-state index is 0.339. The number of morpholine rings is 1. The fourth-order valence-corrected chi connectivity index (χ4v) is 2.72. The second-order valence-corrected chi connectivity index (χ2v) is 4.87. The number of benzene rings is 2. The maximum absolute atomic E-state index is 5.48. The van der Waals surface area contributed by atoms with E-state index in [-0.39, 0.29) is 0 Å². The van der Waals surface area contributed by atoms with E-state index in [0.717, 1.165) is 26.3 Å². The highest BCUT2D eigenvalue weighted by Gasteiger charge is 2.23. The Balaban J connectivity index is 1.96. The molecular formula is C17H19NO. The fraction of sp³-hybridized carbons (Fsp3) is 0.294. The van der Waals surface area contributed by atoms with Crippen LogP contribution in [0.5, 0.6) is 0 Å². The Hall–Kier alpha value is -1.64. The Kier molecular flexibility index (Phi) is 3.92. The predicted molar refractivity (Wildman–Crippen MR) is 77.1 cm³/mol. The van der Waals surface area contributed by atoms with Crippen LogP contribution in [-0.2, 0) is 4.74 Å². The van der Waals surface area contributed by atoms with Gasteiger partial charge in [0.2, 0.25) is 0 Å². The molecule has 2 heteroatoms. The van der Waals surface area contributed by atoms with Crippen molar-refractivity contribution in [2.75, 3.05) is 26.3 Å². The van der Waals surface area contributed by atoms with Crippen molar-refractivity contribution in [2.24, 2.45) is 0 Å². The Bertz CT molecular complexity index is 452. The molecular weight excluding hydrogens is 234 g/mol. The van der Waals surface area contributed by atoms with Gasteiger partial charge in [-0.25, -0.2) is 0 Å². The van der Waals surface area contributed by atoms with Crippen LogP contribution in [0.3, 0.4) is 0 Å². The van der Waals surface area contributed by atoms with Gasteiger partial charge in [-0.3, -0.25) is 4.90 Å². The van der Waals surface area contributed by atoms with E-state index in [1.54, 1.807) is 0 Å². The van der Waals surface area contributed by atoms with Crippen molar-refractivity contribution < 1.29 is 4.74 Å². The second-order valence-electron chi connectivity index (χ2n) is 4.87. The van der Waals surface area contributed by atoms with E-state index in [4.69, 9.17) is 4.74 Å². The molecule has 0 atom stereocenters. The lowest BCUT2D eigenvalue weighted by Gasteiger charge is -2.35. The van der Waals surface area contributed by atoms with Crippen molar-refractivity contribution in [1.29, 1.82) is 0 Å². The summed E-state index contributed by atoms with van der Waals surface area (Å²) < 4.78 is 5.48. The first kappa shape index (κ1) is 12.4. The molecule has 3 rings (SSSR count). The molecule has 0 bridgehead atoms. The summed E-state index contributed by atoms with van der Waals surface area (Å²) in [6.45, 7) is 3.65. The maximum atomic E-state index is 5.48. The monoisotopic (exact) mass is 253 g/mol. The SMILES string of the molecule is c1ccc(C(c2ccccc2)N2CCOCC2)cc1. The first-order chi connectivity index (χ1) is 9.45. The smallest absolute Gasteiger partial charge is 0.0603 e. The van der Waals surface area contributed by atoms with Crippen LogP contribution < -0.4 is 0 Å². The summed E-state index contributed by atoms with van der Waals surface area (Å²) in [4.78, 5) is 2.51. The molecule has 0 unspecified atom stereocenters. The van der Waals surface area contributed by atoms with Gasteiger partial charge in [0.05, 0.1) is 19.3 Å². The molecule has 1 aliphatic rings. The minimum Gasteiger partial charge on any atom is -0.379 e. The Morgan fingerprint density at radius 1 is 0.737 bits per heavy atom. The lowest BCUT2D eigenvalue weighted by Crippen LogP contribution is -2.39.